The van der Waals surface area contributed by atoms with Crippen LogP contribution in [0.4, 0.5) is 5.69 Å². The molecule has 0 spiro atoms. The number of fused-ring (bicyclic) bond motifs is 1. The maximum atomic E-state index is 12.7. The molecule has 0 aliphatic heterocycles. The van der Waals surface area contributed by atoms with Crippen molar-refractivity contribution in [3.05, 3.63) is 71.2 Å². The lowest BCUT2D eigenvalue weighted by atomic mass is 10.2. The van der Waals surface area contributed by atoms with Crippen LogP contribution in [-0.4, -0.2) is 25.2 Å². The van der Waals surface area contributed by atoms with Crippen LogP contribution in [0.25, 0.3) is 16.7 Å². The molecule has 0 saturated carbocycles. The Labute approximate surface area is 158 Å². The SMILES string of the molecule is Cc1c(Br)c2ccccc2n1CC(=O)Nc1cccnc1-n1cccn1. The molecule has 6 nitrogen and oxygen atoms in total. The highest BCUT2D eigenvalue weighted by molar-refractivity contribution is 9.10. The molecule has 4 rings (SSSR count). The van der Waals surface area contributed by atoms with Gasteiger partial charge in [0.05, 0.1) is 5.69 Å². The fraction of sp³-hybridized carbons (Fsp3) is 0.105. The zero-order valence-corrected chi connectivity index (χ0v) is 15.6. The topological polar surface area (TPSA) is 64.7 Å². The van der Waals surface area contributed by atoms with Gasteiger partial charge in [0.2, 0.25) is 5.91 Å². The average Bonchev–Trinajstić information content (AvgIpc) is 3.26. The van der Waals surface area contributed by atoms with E-state index in [1.54, 1.807) is 29.3 Å². The first-order valence-electron chi connectivity index (χ1n) is 8.13. The van der Waals surface area contributed by atoms with Gasteiger partial charge in [0.1, 0.15) is 6.54 Å². The number of carbonyl (C=O) groups excluding carboxylic acids is 1. The maximum Gasteiger partial charge on any atom is 0.244 e. The van der Waals surface area contributed by atoms with Crippen LogP contribution in [0.15, 0.2) is 65.5 Å². The predicted molar refractivity (Wildman–Crippen MR) is 104 cm³/mol. The van der Waals surface area contributed by atoms with Gasteiger partial charge in [-0.2, -0.15) is 5.10 Å². The molecule has 1 amide bonds. The molecule has 0 atom stereocenters. The molecule has 1 N–H and O–H groups in total. The van der Waals surface area contributed by atoms with Crippen molar-refractivity contribution >= 4 is 38.4 Å². The van der Waals surface area contributed by atoms with Crippen LogP contribution in [0.3, 0.4) is 0 Å². The third-order valence-electron chi connectivity index (χ3n) is 4.24. The number of rotatable bonds is 4. The van der Waals surface area contributed by atoms with E-state index in [1.807, 2.05) is 47.9 Å². The van der Waals surface area contributed by atoms with Gasteiger partial charge in [-0.25, -0.2) is 9.67 Å². The van der Waals surface area contributed by atoms with Gasteiger partial charge in [-0.05, 0) is 47.1 Å². The Morgan fingerprint density at radius 1 is 1.15 bits per heavy atom. The van der Waals surface area contributed by atoms with Crippen LogP contribution in [0.5, 0.6) is 0 Å². The number of nitrogens with zero attached hydrogens (tertiary/aromatic N) is 4. The summed E-state index contributed by atoms with van der Waals surface area (Å²) in [5, 5.41) is 8.23. The Hall–Kier alpha value is -2.93. The van der Waals surface area contributed by atoms with Gasteiger partial charge < -0.3 is 9.88 Å². The van der Waals surface area contributed by atoms with Gasteiger partial charge in [0.25, 0.3) is 0 Å². The number of nitrogens with one attached hydrogen (secondary N) is 1. The molecule has 0 bridgehead atoms. The first-order valence-corrected chi connectivity index (χ1v) is 8.92. The van der Waals surface area contributed by atoms with Crippen molar-refractivity contribution in [1.82, 2.24) is 19.3 Å². The van der Waals surface area contributed by atoms with Crippen LogP contribution in [0, 0.1) is 6.92 Å². The highest BCUT2D eigenvalue weighted by Crippen LogP contribution is 2.30. The number of benzene rings is 1. The molecule has 4 aromatic rings. The van der Waals surface area contributed by atoms with E-state index in [0.29, 0.717) is 11.5 Å². The fourth-order valence-electron chi connectivity index (χ4n) is 3.00. The zero-order valence-electron chi connectivity index (χ0n) is 14.1. The Kier molecular flexibility index (Phi) is 4.30. The van der Waals surface area contributed by atoms with Gasteiger partial charge in [0.15, 0.2) is 5.82 Å². The summed E-state index contributed by atoms with van der Waals surface area (Å²) >= 11 is 3.62. The molecule has 0 saturated heterocycles. The fourth-order valence-corrected chi connectivity index (χ4v) is 3.55. The third kappa shape index (κ3) is 2.90. The summed E-state index contributed by atoms with van der Waals surface area (Å²) in [6.45, 7) is 2.21. The number of carbonyl (C=O) groups is 1. The van der Waals surface area contributed by atoms with E-state index in [0.717, 1.165) is 21.1 Å². The monoisotopic (exact) mass is 409 g/mol. The lowest BCUT2D eigenvalue weighted by Gasteiger charge is -2.12. The van der Waals surface area contributed by atoms with E-state index in [2.05, 4.69) is 31.3 Å². The van der Waals surface area contributed by atoms with Crippen molar-refractivity contribution in [1.29, 1.82) is 0 Å². The first-order chi connectivity index (χ1) is 12.6. The number of pyridine rings is 1. The number of para-hydroxylation sites is 1. The number of amides is 1. The van der Waals surface area contributed by atoms with E-state index in [-0.39, 0.29) is 12.5 Å². The summed E-state index contributed by atoms with van der Waals surface area (Å²) in [6.07, 6.45) is 5.14. The summed E-state index contributed by atoms with van der Waals surface area (Å²) in [5.74, 6) is 0.462. The van der Waals surface area contributed by atoms with Gasteiger partial charge in [0, 0.05) is 39.7 Å². The molecular formula is C19H16BrN5O. The molecule has 1 aromatic carbocycles. The number of halogens is 1. The highest BCUT2D eigenvalue weighted by Gasteiger charge is 2.15. The van der Waals surface area contributed by atoms with E-state index < -0.39 is 0 Å². The molecule has 3 heterocycles. The number of hydrogen-bond acceptors (Lipinski definition) is 3. The molecule has 0 unspecified atom stereocenters. The van der Waals surface area contributed by atoms with Crippen LogP contribution < -0.4 is 5.32 Å². The number of aromatic nitrogens is 4. The molecular weight excluding hydrogens is 394 g/mol. The molecule has 0 fully saturated rings. The molecule has 26 heavy (non-hydrogen) atoms. The predicted octanol–water partition coefficient (Wildman–Crippen LogP) is 3.93. The maximum absolute atomic E-state index is 12.7. The van der Waals surface area contributed by atoms with E-state index in [4.69, 9.17) is 0 Å². The highest BCUT2D eigenvalue weighted by atomic mass is 79.9. The van der Waals surface area contributed by atoms with Gasteiger partial charge in [-0.15, -0.1) is 0 Å². The van der Waals surface area contributed by atoms with Gasteiger partial charge in [-0.3, -0.25) is 4.79 Å². The molecule has 0 aliphatic rings. The molecule has 7 heteroatoms. The van der Waals surface area contributed by atoms with E-state index in [1.165, 1.54) is 0 Å². The van der Waals surface area contributed by atoms with E-state index >= 15 is 0 Å². The minimum atomic E-state index is -0.122. The van der Waals surface area contributed by atoms with Crippen LogP contribution in [0.1, 0.15) is 5.69 Å². The number of anilines is 1. The lowest BCUT2D eigenvalue weighted by Crippen LogP contribution is -2.20. The molecule has 0 radical (unpaired) electrons. The van der Waals surface area contributed by atoms with E-state index in [9.17, 15) is 4.79 Å². The van der Waals surface area contributed by atoms with Crippen molar-refractivity contribution in [3.8, 4) is 5.82 Å². The smallest absolute Gasteiger partial charge is 0.244 e. The van der Waals surface area contributed by atoms with Crippen LogP contribution >= 0.6 is 15.9 Å². The standard InChI is InChI=1S/C19H16BrN5O/c1-13-18(20)14-6-2-3-8-16(14)24(13)12-17(26)23-15-7-4-9-21-19(15)25-11-5-10-22-25/h2-11H,12H2,1H3,(H,23,26). The number of hydrogen-bond donors (Lipinski definition) is 1. The molecule has 3 aromatic heterocycles. The first kappa shape index (κ1) is 16.5. The normalized spacial score (nSPS) is 11.0. The van der Waals surface area contributed by atoms with Crippen molar-refractivity contribution in [2.24, 2.45) is 0 Å². The summed E-state index contributed by atoms with van der Waals surface area (Å²) in [4.78, 5) is 17.0. The van der Waals surface area contributed by atoms with Crippen molar-refractivity contribution in [3.63, 3.8) is 0 Å². The lowest BCUT2D eigenvalue weighted by molar-refractivity contribution is -0.116. The Bertz CT molecular complexity index is 1080. The summed E-state index contributed by atoms with van der Waals surface area (Å²) < 4.78 is 4.64. The Balaban J connectivity index is 1.63. The van der Waals surface area contributed by atoms with Crippen molar-refractivity contribution < 1.29 is 4.79 Å². The largest absolute Gasteiger partial charge is 0.334 e. The zero-order chi connectivity index (χ0) is 18.1. The second kappa shape index (κ2) is 6.76. The minimum absolute atomic E-state index is 0.122. The Morgan fingerprint density at radius 2 is 2.00 bits per heavy atom. The van der Waals surface area contributed by atoms with Gasteiger partial charge in [-0.1, -0.05) is 18.2 Å². The molecule has 0 aliphatic carbocycles. The summed E-state index contributed by atoms with van der Waals surface area (Å²) in [5.41, 5.74) is 2.65. The average molecular weight is 410 g/mol. The minimum Gasteiger partial charge on any atom is -0.334 e. The summed E-state index contributed by atoms with van der Waals surface area (Å²) in [6, 6.07) is 13.4. The van der Waals surface area contributed by atoms with Crippen LogP contribution in [0.2, 0.25) is 0 Å². The second-order valence-corrected chi connectivity index (χ2v) is 6.67. The summed E-state index contributed by atoms with van der Waals surface area (Å²) in [7, 11) is 0. The third-order valence-corrected chi connectivity index (χ3v) is 5.24. The van der Waals surface area contributed by atoms with Crippen molar-refractivity contribution in [2.45, 2.75) is 13.5 Å². The quantitative estimate of drug-likeness (QED) is 0.555. The van der Waals surface area contributed by atoms with Gasteiger partial charge >= 0.3 is 0 Å². The van der Waals surface area contributed by atoms with Crippen molar-refractivity contribution in [2.75, 3.05) is 5.32 Å². The second-order valence-electron chi connectivity index (χ2n) is 5.88. The molecule has 130 valence electrons. The Morgan fingerprint density at radius 3 is 2.81 bits per heavy atom. The van der Waals surface area contributed by atoms with Crippen LogP contribution in [-0.2, 0) is 11.3 Å².